The van der Waals surface area contributed by atoms with E-state index in [0.29, 0.717) is 5.75 Å². The van der Waals surface area contributed by atoms with Crippen LogP contribution in [0.2, 0.25) is 0 Å². The maximum atomic E-state index is 12.2. The van der Waals surface area contributed by atoms with Crippen molar-refractivity contribution in [2.24, 2.45) is 0 Å². The Morgan fingerprint density at radius 2 is 1.39 bits per heavy atom. The third kappa shape index (κ3) is 5.88. The topological polar surface area (TPSA) is 59.5 Å². The monoisotopic (exact) mass is 518 g/mol. The Hall–Kier alpha value is -4.55. The van der Waals surface area contributed by atoms with Gasteiger partial charge in [-0.25, -0.2) is 4.98 Å². The molecule has 0 N–H and O–H groups in total. The van der Waals surface area contributed by atoms with Crippen molar-refractivity contribution in [3.8, 4) is 27.4 Å². The van der Waals surface area contributed by atoms with Crippen LogP contribution in [0.3, 0.4) is 0 Å². The van der Waals surface area contributed by atoms with E-state index in [9.17, 15) is 9.59 Å². The van der Waals surface area contributed by atoms with Crippen molar-refractivity contribution in [1.82, 2.24) is 4.98 Å². The number of rotatable bonds is 9. The zero-order valence-corrected chi connectivity index (χ0v) is 21.7. The van der Waals surface area contributed by atoms with Gasteiger partial charge in [-0.15, -0.1) is 11.3 Å². The molecule has 0 atom stereocenters. The molecule has 1 heterocycles. The number of hydrogen-bond donors (Lipinski definition) is 0. The normalized spacial score (nSPS) is 10.7. The Kier molecular flexibility index (Phi) is 7.71. The van der Waals surface area contributed by atoms with Crippen LogP contribution in [-0.4, -0.2) is 16.7 Å². The summed E-state index contributed by atoms with van der Waals surface area (Å²) in [7, 11) is 0. The molecule has 1 aromatic heterocycles. The fourth-order valence-electron chi connectivity index (χ4n) is 4.22. The number of benzene rings is 4. The van der Waals surface area contributed by atoms with E-state index in [2.05, 4.69) is 58.4 Å². The van der Waals surface area contributed by atoms with Crippen molar-refractivity contribution in [3.05, 3.63) is 115 Å². The molecule has 0 aliphatic carbocycles. The number of esters is 1. The fraction of sp³-hybridized carbons (Fsp3) is 0.0938. The molecular formula is C32H26N2O3S. The SMILES string of the molecule is CC(=O)CCC(=O)Oc1ccc(-c2ccc(N(c3ccccc3)c3ccccc3)cc2)c(-c2nccs2)c1. The molecule has 0 fully saturated rings. The molecule has 0 saturated heterocycles. The molecule has 0 unspecified atom stereocenters. The maximum Gasteiger partial charge on any atom is 0.311 e. The molecular weight excluding hydrogens is 492 g/mol. The van der Waals surface area contributed by atoms with Crippen LogP contribution in [0.1, 0.15) is 19.8 Å². The quantitative estimate of drug-likeness (QED) is 0.145. The Labute approximate surface area is 226 Å². The minimum absolute atomic E-state index is 0.0395. The first-order chi connectivity index (χ1) is 18.6. The number of hydrogen-bond acceptors (Lipinski definition) is 6. The predicted molar refractivity (Wildman–Crippen MR) is 153 cm³/mol. The van der Waals surface area contributed by atoms with Gasteiger partial charge in [-0.2, -0.15) is 0 Å². The van der Waals surface area contributed by atoms with Crippen LogP contribution in [0.5, 0.6) is 5.75 Å². The Balaban J connectivity index is 1.48. The van der Waals surface area contributed by atoms with Crippen molar-refractivity contribution >= 4 is 40.2 Å². The number of ether oxygens (including phenoxy) is 1. The van der Waals surface area contributed by atoms with E-state index in [0.717, 1.165) is 38.8 Å². The van der Waals surface area contributed by atoms with Gasteiger partial charge in [0.1, 0.15) is 16.5 Å². The van der Waals surface area contributed by atoms with Crippen LogP contribution >= 0.6 is 11.3 Å². The molecule has 0 amide bonds. The van der Waals surface area contributed by atoms with Gasteiger partial charge in [0.2, 0.25) is 0 Å². The number of carbonyl (C=O) groups is 2. The molecule has 188 valence electrons. The number of para-hydroxylation sites is 2. The summed E-state index contributed by atoms with van der Waals surface area (Å²) in [5.41, 5.74) is 6.08. The molecule has 5 nitrogen and oxygen atoms in total. The fourth-order valence-corrected chi connectivity index (χ4v) is 4.89. The highest BCUT2D eigenvalue weighted by molar-refractivity contribution is 7.13. The average molecular weight is 519 g/mol. The standard InChI is InChI=1S/C32H26N2O3S/c1-23(35)12-19-31(36)37-28-17-18-29(30(22-28)32-33-20-21-38-32)24-13-15-27(16-14-24)34(25-8-4-2-5-9-25)26-10-6-3-7-11-26/h2-11,13-18,20-22H,12,19H2,1H3. The van der Waals surface area contributed by atoms with E-state index in [4.69, 9.17) is 4.74 Å². The molecule has 0 spiro atoms. The van der Waals surface area contributed by atoms with Crippen molar-refractivity contribution < 1.29 is 14.3 Å². The molecule has 0 saturated carbocycles. The number of anilines is 3. The van der Waals surface area contributed by atoms with Crippen LogP contribution in [0.4, 0.5) is 17.1 Å². The first kappa shape index (κ1) is 25.1. The van der Waals surface area contributed by atoms with E-state index < -0.39 is 5.97 Å². The van der Waals surface area contributed by atoms with Gasteiger partial charge in [0.05, 0.1) is 6.42 Å². The molecule has 4 aromatic carbocycles. The lowest BCUT2D eigenvalue weighted by Crippen LogP contribution is -2.09. The molecule has 6 heteroatoms. The molecule has 0 bridgehead atoms. The first-order valence-corrected chi connectivity index (χ1v) is 13.2. The Morgan fingerprint density at radius 1 is 0.763 bits per heavy atom. The summed E-state index contributed by atoms with van der Waals surface area (Å²) < 4.78 is 5.52. The van der Waals surface area contributed by atoms with Gasteiger partial charge in [0, 0.05) is 40.6 Å². The number of Topliss-reactive ketones (excluding diaryl/α,β-unsaturated/α-hetero) is 1. The lowest BCUT2D eigenvalue weighted by Gasteiger charge is -2.25. The molecule has 38 heavy (non-hydrogen) atoms. The lowest BCUT2D eigenvalue weighted by atomic mass is 9.99. The highest BCUT2D eigenvalue weighted by atomic mass is 32.1. The largest absolute Gasteiger partial charge is 0.426 e. The molecule has 0 aliphatic rings. The summed E-state index contributed by atoms with van der Waals surface area (Å²) in [5.74, 6) is -0.0323. The first-order valence-electron chi connectivity index (χ1n) is 12.3. The van der Waals surface area contributed by atoms with Gasteiger partial charge in [0.25, 0.3) is 0 Å². The zero-order chi connectivity index (χ0) is 26.3. The second-order valence-electron chi connectivity index (χ2n) is 8.77. The van der Waals surface area contributed by atoms with Crippen molar-refractivity contribution in [1.29, 1.82) is 0 Å². The molecule has 0 radical (unpaired) electrons. The summed E-state index contributed by atoms with van der Waals surface area (Å²) in [6.45, 7) is 1.47. The van der Waals surface area contributed by atoms with Crippen molar-refractivity contribution in [2.45, 2.75) is 19.8 Å². The maximum absolute atomic E-state index is 12.2. The van der Waals surface area contributed by atoms with E-state index in [-0.39, 0.29) is 18.6 Å². The third-order valence-corrected chi connectivity index (χ3v) is 6.84. The molecule has 5 rings (SSSR count). The lowest BCUT2D eigenvalue weighted by molar-refractivity contribution is -0.135. The van der Waals surface area contributed by atoms with E-state index in [1.165, 1.54) is 18.3 Å². The Morgan fingerprint density at radius 3 is 1.97 bits per heavy atom. The number of aromatic nitrogens is 1. The number of ketones is 1. The summed E-state index contributed by atoms with van der Waals surface area (Å²) in [6.07, 6.45) is 1.99. The summed E-state index contributed by atoms with van der Waals surface area (Å²) in [5, 5.41) is 2.76. The van der Waals surface area contributed by atoms with Gasteiger partial charge in [-0.1, -0.05) is 48.5 Å². The van der Waals surface area contributed by atoms with Gasteiger partial charge in [-0.3, -0.25) is 4.79 Å². The zero-order valence-electron chi connectivity index (χ0n) is 20.9. The average Bonchev–Trinajstić information content (AvgIpc) is 3.49. The van der Waals surface area contributed by atoms with Gasteiger partial charge in [0.15, 0.2) is 0 Å². The van der Waals surface area contributed by atoms with Crippen LogP contribution < -0.4 is 9.64 Å². The summed E-state index contributed by atoms with van der Waals surface area (Å²) in [6, 6.07) is 34.5. The number of thiazole rings is 1. The molecule has 0 aliphatic heterocycles. The summed E-state index contributed by atoms with van der Waals surface area (Å²) >= 11 is 1.52. The second-order valence-corrected chi connectivity index (χ2v) is 9.67. The number of carbonyl (C=O) groups excluding carboxylic acids is 2. The van der Waals surface area contributed by atoms with Crippen LogP contribution in [0.25, 0.3) is 21.7 Å². The third-order valence-electron chi connectivity index (χ3n) is 6.03. The van der Waals surface area contributed by atoms with E-state index >= 15 is 0 Å². The predicted octanol–water partition coefficient (Wildman–Crippen LogP) is 8.22. The highest BCUT2D eigenvalue weighted by Gasteiger charge is 2.16. The molecule has 5 aromatic rings. The van der Waals surface area contributed by atoms with Crippen molar-refractivity contribution in [3.63, 3.8) is 0 Å². The minimum atomic E-state index is -0.427. The number of nitrogens with zero attached hydrogens (tertiary/aromatic N) is 2. The van der Waals surface area contributed by atoms with Gasteiger partial charge in [-0.05, 0) is 72.6 Å². The minimum Gasteiger partial charge on any atom is -0.426 e. The van der Waals surface area contributed by atoms with E-state index in [1.54, 1.807) is 12.3 Å². The van der Waals surface area contributed by atoms with E-state index in [1.807, 2.05) is 53.9 Å². The van der Waals surface area contributed by atoms with Crippen LogP contribution in [-0.2, 0) is 9.59 Å². The van der Waals surface area contributed by atoms with Gasteiger partial charge < -0.3 is 14.4 Å². The second kappa shape index (κ2) is 11.7. The van der Waals surface area contributed by atoms with Gasteiger partial charge >= 0.3 is 5.97 Å². The van der Waals surface area contributed by atoms with Crippen LogP contribution in [0.15, 0.2) is 115 Å². The van der Waals surface area contributed by atoms with Crippen molar-refractivity contribution in [2.75, 3.05) is 4.90 Å². The summed E-state index contributed by atoms with van der Waals surface area (Å²) in [4.78, 5) is 30.2. The Bertz CT molecular complexity index is 1480. The smallest absolute Gasteiger partial charge is 0.311 e. The van der Waals surface area contributed by atoms with Crippen LogP contribution in [0, 0.1) is 0 Å². The highest BCUT2D eigenvalue weighted by Crippen LogP contribution is 2.39.